The highest BCUT2D eigenvalue weighted by Crippen LogP contribution is 2.34. The molecule has 2 amide bonds. The Morgan fingerprint density at radius 1 is 1.39 bits per heavy atom. The van der Waals surface area contributed by atoms with Gasteiger partial charge in [0.25, 0.3) is 5.69 Å². The number of benzene rings is 1. The van der Waals surface area contributed by atoms with Gasteiger partial charge in [0.2, 0.25) is 5.91 Å². The summed E-state index contributed by atoms with van der Waals surface area (Å²) in [7, 11) is 0. The van der Waals surface area contributed by atoms with Crippen LogP contribution in [0, 0.1) is 16.0 Å². The van der Waals surface area contributed by atoms with Crippen LogP contribution in [0.25, 0.3) is 0 Å². The fourth-order valence-corrected chi connectivity index (χ4v) is 5.13. The minimum absolute atomic E-state index is 0.0451. The Bertz CT molecular complexity index is 825. The van der Waals surface area contributed by atoms with Crippen LogP contribution in [0.5, 0.6) is 0 Å². The summed E-state index contributed by atoms with van der Waals surface area (Å²) in [4.78, 5) is 48.4. The van der Waals surface area contributed by atoms with E-state index in [2.05, 4.69) is 17.9 Å². The lowest BCUT2D eigenvalue weighted by Gasteiger charge is -2.31. The van der Waals surface area contributed by atoms with E-state index in [1.54, 1.807) is 6.92 Å². The van der Waals surface area contributed by atoms with E-state index in [0.717, 1.165) is 0 Å². The van der Waals surface area contributed by atoms with Gasteiger partial charge in [0.15, 0.2) is 5.12 Å². The van der Waals surface area contributed by atoms with Crippen molar-refractivity contribution in [2.75, 3.05) is 11.1 Å². The van der Waals surface area contributed by atoms with Crippen molar-refractivity contribution in [3.8, 4) is 0 Å². The second-order valence-corrected chi connectivity index (χ2v) is 9.96. The molecule has 1 N–H and O–H groups in total. The van der Waals surface area contributed by atoms with Crippen molar-refractivity contribution in [1.82, 2.24) is 10.2 Å². The van der Waals surface area contributed by atoms with Gasteiger partial charge in [-0.2, -0.15) is 12.6 Å². The highest BCUT2D eigenvalue weighted by atomic mass is 127. The van der Waals surface area contributed by atoms with Gasteiger partial charge in [0.05, 0.1) is 9.47 Å². The molecule has 1 aromatic rings. The minimum atomic E-state index is -0.574. The number of non-ortho nitro benzene ring substituents is 1. The van der Waals surface area contributed by atoms with Crippen LogP contribution in [0.2, 0.25) is 0 Å². The number of carbonyl (C=O) groups is 3. The lowest BCUT2D eigenvalue weighted by atomic mass is 9.98. The monoisotopic (exact) mass is 581 g/mol. The third-order valence-electron chi connectivity index (χ3n) is 4.94. The van der Waals surface area contributed by atoms with Crippen molar-refractivity contribution < 1.29 is 24.0 Å². The van der Waals surface area contributed by atoms with E-state index in [1.807, 2.05) is 22.6 Å². The van der Waals surface area contributed by atoms with Gasteiger partial charge < -0.3 is 15.0 Å². The molecule has 0 bridgehead atoms. The van der Waals surface area contributed by atoms with Gasteiger partial charge in [0.1, 0.15) is 6.61 Å². The molecule has 1 aromatic carbocycles. The number of amides is 2. The number of nitrogens with zero attached hydrogens (tertiary/aromatic N) is 2. The predicted octanol–water partition coefficient (Wildman–Crippen LogP) is 3.40. The largest absolute Gasteiger partial charge is 0.445 e. The Kier molecular flexibility index (Phi) is 9.88. The van der Waals surface area contributed by atoms with E-state index in [-0.39, 0.29) is 34.6 Å². The molecular weight excluding hydrogens is 557 g/mol. The maximum Gasteiger partial charge on any atom is 0.410 e. The zero-order valence-electron chi connectivity index (χ0n) is 17.0. The van der Waals surface area contributed by atoms with Crippen molar-refractivity contribution in [2.24, 2.45) is 5.92 Å². The van der Waals surface area contributed by atoms with Crippen molar-refractivity contribution in [2.45, 2.75) is 43.4 Å². The van der Waals surface area contributed by atoms with Crippen LogP contribution in [-0.4, -0.2) is 54.6 Å². The molecular formula is C19H24IN3O6S2. The molecule has 1 aliphatic heterocycles. The van der Waals surface area contributed by atoms with E-state index < -0.39 is 22.2 Å². The number of ether oxygens (including phenoxy) is 1. The highest BCUT2D eigenvalue weighted by Gasteiger charge is 2.43. The van der Waals surface area contributed by atoms with Gasteiger partial charge in [-0.1, -0.05) is 41.3 Å². The van der Waals surface area contributed by atoms with Gasteiger partial charge in [-0.05, 0) is 24.1 Å². The first-order valence-corrected chi connectivity index (χ1v) is 12.4. The molecule has 1 fully saturated rings. The van der Waals surface area contributed by atoms with E-state index in [0.29, 0.717) is 23.1 Å². The predicted molar refractivity (Wildman–Crippen MR) is 129 cm³/mol. The minimum Gasteiger partial charge on any atom is -0.445 e. The molecule has 9 nitrogen and oxygen atoms in total. The van der Waals surface area contributed by atoms with Crippen LogP contribution in [0.15, 0.2) is 24.3 Å². The number of carbonyl (C=O) groups excluding carboxylic acids is 3. The molecule has 31 heavy (non-hydrogen) atoms. The van der Waals surface area contributed by atoms with Crippen LogP contribution >= 0.6 is 47.0 Å². The molecule has 2 unspecified atom stereocenters. The quantitative estimate of drug-likeness (QED) is 0.121. The Hall–Kier alpha value is -1.54. The summed E-state index contributed by atoms with van der Waals surface area (Å²) in [5, 5.41) is 12.9. The molecule has 0 spiro atoms. The molecule has 170 valence electrons. The number of nitro benzene ring substituents is 1. The van der Waals surface area contributed by atoms with Crippen LogP contribution in [0.1, 0.15) is 25.8 Å². The van der Waals surface area contributed by atoms with Crippen LogP contribution in [0.3, 0.4) is 0 Å². The standard InChI is InChI=1S/C19H24IN3O6S2/c1-11(18(25)21-10-20)17(30)16-7-15(31-12(2)24)8-22(16)19(26)29-9-13-3-5-14(6-4-13)23(27)28/h3-6,11,15-17,30H,7-10H2,1-2H3,(H,21,25)/t11?,15-,16+,17?/m1/s1. The first kappa shape index (κ1) is 25.7. The van der Waals surface area contributed by atoms with Gasteiger partial charge >= 0.3 is 6.09 Å². The average molecular weight is 581 g/mol. The molecule has 12 heteroatoms. The number of hydrogen-bond acceptors (Lipinski definition) is 8. The number of hydrogen-bond donors (Lipinski definition) is 2. The Morgan fingerprint density at radius 3 is 2.58 bits per heavy atom. The molecule has 1 heterocycles. The summed E-state index contributed by atoms with van der Waals surface area (Å²) >= 11 is 7.84. The fraction of sp³-hybridized carbons (Fsp3) is 0.526. The normalized spacial score (nSPS) is 20.1. The Morgan fingerprint density at radius 2 is 2.03 bits per heavy atom. The summed E-state index contributed by atoms with van der Waals surface area (Å²) in [6.07, 6.45) is -0.0528. The van der Waals surface area contributed by atoms with Crippen molar-refractivity contribution in [1.29, 1.82) is 0 Å². The Balaban J connectivity index is 2.08. The fourth-order valence-electron chi connectivity index (χ4n) is 3.34. The molecule has 0 radical (unpaired) electrons. The van der Waals surface area contributed by atoms with Crippen LogP contribution in [-0.2, 0) is 20.9 Å². The highest BCUT2D eigenvalue weighted by molar-refractivity contribution is 14.1. The van der Waals surface area contributed by atoms with Gasteiger partial charge in [-0.25, -0.2) is 4.79 Å². The topological polar surface area (TPSA) is 119 Å². The zero-order chi connectivity index (χ0) is 23.1. The summed E-state index contributed by atoms with van der Waals surface area (Å²) in [6.45, 7) is 3.49. The lowest BCUT2D eigenvalue weighted by molar-refractivity contribution is -0.384. The number of nitro groups is 1. The second-order valence-electron chi connectivity index (χ2n) is 7.12. The van der Waals surface area contributed by atoms with E-state index in [1.165, 1.54) is 47.9 Å². The first-order chi connectivity index (χ1) is 14.6. The van der Waals surface area contributed by atoms with Crippen LogP contribution in [0.4, 0.5) is 10.5 Å². The molecule has 0 aliphatic carbocycles. The molecule has 4 atom stereocenters. The Labute approximate surface area is 203 Å². The average Bonchev–Trinajstić information content (AvgIpc) is 3.14. The summed E-state index contributed by atoms with van der Waals surface area (Å²) in [5.41, 5.74) is 0.567. The summed E-state index contributed by atoms with van der Waals surface area (Å²) in [5.74, 6) is -0.606. The number of likely N-dealkylation sites (tertiary alicyclic amines) is 1. The number of nitrogens with one attached hydrogen (secondary N) is 1. The smallest absolute Gasteiger partial charge is 0.410 e. The molecule has 0 aromatic heterocycles. The second kappa shape index (κ2) is 11.9. The van der Waals surface area contributed by atoms with Gasteiger partial charge in [0, 0.05) is 48.1 Å². The number of thioether (sulfide) groups is 1. The van der Waals surface area contributed by atoms with E-state index >= 15 is 0 Å². The number of halogens is 1. The number of alkyl halides is 1. The summed E-state index contributed by atoms with van der Waals surface area (Å²) < 4.78 is 5.89. The molecule has 1 saturated heterocycles. The third kappa shape index (κ3) is 7.24. The van der Waals surface area contributed by atoms with Crippen LogP contribution < -0.4 is 5.32 Å². The number of thiol groups is 1. The zero-order valence-corrected chi connectivity index (χ0v) is 20.9. The van der Waals surface area contributed by atoms with E-state index in [4.69, 9.17) is 4.74 Å². The first-order valence-electron chi connectivity index (χ1n) is 9.49. The van der Waals surface area contributed by atoms with E-state index in [9.17, 15) is 24.5 Å². The van der Waals surface area contributed by atoms with Crippen molar-refractivity contribution >= 4 is 69.8 Å². The third-order valence-corrected chi connectivity index (χ3v) is 7.12. The van der Waals surface area contributed by atoms with Crippen molar-refractivity contribution in [3.05, 3.63) is 39.9 Å². The van der Waals surface area contributed by atoms with Gasteiger partial charge in [-0.3, -0.25) is 19.7 Å². The van der Waals surface area contributed by atoms with Crippen molar-refractivity contribution in [3.63, 3.8) is 0 Å². The number of rotatable bonds is 8. The summed E-state index contributed by atoms with van der Waals surface area (Å²) in [6, 6.07) is 5.37. The molecule has 1 aliphatic rings. The van der Waals surface area contributed by atoms with Gasteiger partial charge in [-0.15, -0.1) is 0 Å². The lowest BCUT2D eigenvalue weighted by Crippen LogP contribution is -2.46. The maximum atomic E-state index is 12.8. The molecule has 0 saturated carbocycles. The SMILES string of the molecule is CC(=O)S[C@@H]1C[C@@H](C(S)C(C)C(=O)NCI)N(C(=O)OCc2ccc([N+](=O)[O-])cc2)C1. The maximum absolute atomic E-state index is 12.8. The molecule has 2 rings (SSSR count).